The minimum atomic E-state index is -0.164. The molecular formula is C20H16BrN3O2. The Morgan fingerprint density at radius 3 is 2.58 bits per heavy atom. The number of nitrogens with one attached hydrogen (secondary N) is 1. The third-order valence-electron chi connectivity index (χ3n) is 4.31. The molecule has 0 bridgehead atoms. The molecule has 26 heavy (non-hydrogen) atoms. The van der Waals surface area contributed by atoms with Crippen LogP contribution in [0.2, 0.25) is 0 Å². The topological polar surface area (TPSA) is 59.4 Å². The Morgan fingerprint density at radius 2 is 1.85 bits per heavy atom. The first-order valence-electron chi connectivity index (χ1n) is 8.10. The van der Waals surface area contributed by atoms with E-state index >= 15 is 0 Å². The summed E-state index contributed by atoms with van der Waals surface area (Å²) in [5, 5.41) is 3.11. The molecule has 4 aromatic rings. The number of aromatic amines is 1. The zero-order valence-electron chi connectivity index (χ0n) is 14.3. The summed E-state index contributed by atoms with van der Waals surface area (Å²) >= 11 is 3.45. The highest BCUT2D eigenvalue weighted by Crippen LogP contribution is 2.31. The molecule has 0 radical (unpaired) electrons. The lowest BCUT2D eigenvalue weighted by molar-refractivity contribution is 0.416. The fourth-order valence-corrected chi connectivity index (χ4v) is 3.37. The number of H-pyrrole nitrogens is 1. The van der Waals surface area contributed by atoms with Gasteiger partial charge in [0.2, 0.25) is 0 Å². The van der Waals surface area contributed by atoms with Crippen molar-refractivity contribution in [3.8, 4) is 28.1 Å². The number of ether oxygens (including phenoxy) is 1. The van der Waals surface area contributed by atoms with E-state index in [-0.39, 0.29) is 5.56 Å². The zero-order chi connectivity index (χ0) is 18.3. The highest BCUT2D eigenvalue weighted by Gasteiger charge is 2.16. The Bertz CT molecular complexity index is 1160. The largest absolute Gasteiger partial charge is 0.496 e. The van der Waals surface area contributed by atoms with E-state index in [1.807, 2.05) is 55.5 Å². The average molecular weight is 410 g/mol. The first-order chi connectivity index (χ1) is 12.6. The monoisotopic (exact) mass is 409 g/mol. The van der Waals surface area contributed by atoms with Crippen molar-refractivity contribution in [3.05, 3.63) is 75.1 Å². The summed E-state index contributed by atoms with van der Waals surface area (Å²) in [4.78, 5) is 17.4. The van der Waals surface area contributed by atoms with Crippen LogP contribution in [0, 0.1) is 6.92 Å². The van der Waals surface area contributed by atoms with E-state index in [4.69, 9.17) is 9.72 Å². The molecular weight excluding hydrogens is 394 g/mol. The van der Waals surface area contributed by atoms with Gasteiger partial charge in [-0.2, -0.15) is 0 Å². The highest BCUT2D eigenvalue weighted by atomic mass is 79.9. The second-order valence-corrected chi connectivity index (χ2v) is 6.87. The quantitative estimate of drug-likeness (QED) is 0.544. The number of aryl methyl sites for hydroxylation is 1. The maximum Gasteiger partial charge on any atom is 0.273 e. The maximum atomic E-state index is 12.7. The molecule has 6 heteroatoms. The minimum Gasteiger partial charge on any atom is -0.496 e. The Hall–Kier alpha value is -2.86. The van der Waals surface area contributed by atoms with Crippen LogP contribution in [0.5, 0.6) is 5.75 Å². The van der Waals surface area contributed by atoms with Crippen molar-refractivity contribution in [1.82, 2.24) is 14.6 Å². The van der Waals surface area contributed by atoms with Crippen molar-refractivity contribution >= 4 is 21.6 Å². The van der Waals surface area contributed by atoms with Gasteiger partial charge in [0, 0.05) is 27.4 Å². The Labute approximate surface area is 158 Å². The summed E-state index contributed by atoms with van der Waals surface area (Å²) in [6.45, 7) is 1.94. The molecule has 0 spiro atoms. The first kappa shape index (κ1) is 16.6. The summed E-state index contributed by atoms with van der Waals surface area (Å²) < 4.78 is 7.90. The van der Waals surface area contributed by atoms with Gasteiger partial charge in [0.1, 0.15) is 5.75 Å². The number of nitrogens with zero attached hydrogens (tertiary/aromatic N) is 2. The van der Waals surface area contributed by atoms with Crippen LogP contribution in [0.1, 0.15) is 5.69 Å². The van der Waals surface area contributed by atoms with Crippen LogP contribution in [-0.2, 0) is 0 Å². The molecule has 0 aliphatic rings. The molecule has 1 N–H and O–H groups in total. The van der Waals surface area contributed by atoms with E-state index in [0.717, 1.165) is 26.9 Å². The van der Waals surface area contributed by atoms with Crippen molar-refractivity contribution in [2.75, 3.05) is 7.11 Å². The number of hydrogen-bond acceptors (Lipinski definition) is 3. The molecule has 0 fully saturated rings. The van der Waals surface area contributed by atoms with Crippen LogP contribution < -0.4 is 10.3 Å². The van der Waals surface area contributed by atoms with Crippen LogP contribution in [0.3, 0.4) is 0 Å². The fourth-order valence-electron chi connectivity index (χ4n) is 3.11. The van der Waals surface area contributed by atoms with E-state index in [2.05, 4.69) is 21.0 Å². The number of methoxy groups -OCH3 is 1. The Kier molecular flexibility index (Phi) is 4.12. The Morgan fingerprint density at radius 1 is 1.12 bits per heavy atom. The smallest absolute Gasteiger partial charge is 0.273 e. The van der Waals surface area contributed by atoms with Crippen LogP contribution >= 0.6 is 15.9 Å². The maximum absolute atomic E-state index is 12.7. The van der Waals surface area contributed by atoms with Gasteiger partial charge in [-0.15, -0.1) is 0 Å². The van der Waals surface area contributed by atoms with Crippen molar-refractivity contribution in [2.24, 2.45) is 0 Å². The Balaban J connectivity index is 2.01. The number of hydrogen-bond donors (Lipinski definition) is 1. The lowest BCUT2D eigenvalue weighted by atomic mass is 10.1. The van der Waals surface area contributed by atoms with Crippen LogP contribution in [0.25, 0.3) is 28.0 Å². The highest BCUT2D eigenvalue weighted by molar-refractivity contribution is 9.10. The first-order valence-corrected chi connectivity index (χ1v) is 8.89. The van der Waals surface area contributed by atoms with Gasteiger partial charge in [-0.25, -0.2) is 9.50 Å². The minimum absolute atomic E-state index is 0.164. The molecule has 0 aliphatic heterocycles. The van der Waals surface area contributed by atoms with E-state index in [9.17, 15) is 4.79 Å². The molecule has 130 valence electrons. The van der Waals surface area contributed by atoms with Crippen LogP contribution in [0.4, 0.5) is 0 Å². The van der Waals surface area contributed by atoms with Crippen molar-refractivity contribution in [3.63, 3.8) is 0 Å². The van der Waals surface area contributed by atoms with Crippen molar-refractivity contribution in [1.29, 1.82) is 0 Å². The zero-order valence-corrected chi connectivity index (χ0v) is 15.9. The molecule has 2 aromatic heterocycles. The van der Waals surface area contributed by atoms with Gasteiger partial charge in [0.15, 0.2) is 5.65 Å². The van der Waals surface area contributed by atoms with Gasteiger partial charge >= 0.3 is 0 Å². The molecule has 0 amide bonds. The van der Waals surface area contributed by atoms with E-state index in [0.29, 0.717) is 17.1 Å². The summed E-state index contributed by atoms with van der Waals surface area (Å²) in [5.41, 5.74) is 4.59. The normalized spacial score (nSPS) is 11.0. The van der Waals surface area contributed by atoms with Crippen molar-refractivity contribution in [2.45, 2.75) is 6.92 Å². The fraction of sp³-hybridized carbons (Fsp3) is 0.100. The number of fused-ring (bicyclic) bond motifs is 1. The van der Waals surface area contributed by atoms with E-state index < -0.39 is 0 Å². The number of aromatic nitrogens is 3. The molecule has 0 unspecified atom stereocenters. The molecule has 5 nitrogen and oxygen atoms in total. The van der Waals surface area contributed by atoms with Gasteiger partial charge in [0.25, 0.3) is 5.56 Å². The predicted molar refractivity (Wildman–Crippen MR) is 106 cm³/mol. The van der Waals surface area contributed by atoms with Crippen LogP contribution in [0.15, 0.2) is 63.9 Å². The number of rotatable bonds is 3. The van der Waals surface area contributed by atoms with Gasteiger partial charge < -0.3 is 4.74 Å². The van der Waals surface area contributed by atoms with E-state index in [1.165, 1.54) is 10.6 Å². The summed E-state index contributed by atoms with van der Waals surface area (Å²) in [6.07, 6.45) is 0. The summed E-state index contributed by atoms with van der Waals surface area (Å²) in [7, 11) is 1.61. The van der Waals surface area contributed by atoms with Gasteiger partial charge in [-0.1, -0.05) is 40.2 Å². The van der Waals surface area contributed by atoms with Gasteiger partial charge in [0.05, 0.1) is 12.8 Å². The number of para-hydroxylation sites is 1. The van der Waals surface area contributed by atoms with Gasteiger partial charge in [-0.3, -0.25) is 9.89 Å². The molecule has 4 rings (SSSR count). The third kappa shape index (κ3) is 2.72. The average Bonchev–Trinajstić information content (AvgIpc) is 2.99. The lowest BCUT2D eigenvalue weighted by Gasteiger charge is -2.08. The van der Waals surface area contributed by atoms with Gasteiger partial charge in [-0.05, 0) is 36.8 Å². The standard InChI is InChI=1S/C20H16BrN3O2/c1-12-19(13-7-9-14(21)10-8-13)20-22-16(11-18(25)24(20)23-12)15-5-3-4-6-17(15)26-2/h3-11,23H,1-2H3. The number of halogens is 1. The predicted octanol–water partition coefficient (Wildman–Crippen LogP) is 4.44. The molecule has 2 aromatic carbocycles. The van der Waals surface area contributed by atoms with E-state index in [1.54, 1.807) is 7.11 Å². The third-order valence-corrected chi connectivity index (χ3v) is 4.84. The second kappa shape index (κ2) is 6.46. The van der Waals surface area contributed by atoms with Crippen molar-refractivity contribution < 1.29 is 4.74 Å². The lowest BCUT2D eigenvalue weighted by Crippen LogP contribution is -2.14. The SMILES string of the molecule is COc1ccccc1-c1cc(=O)n2[nH]c(C)c(-c3ccc(Br)cc3)c2n1. The molecule has 0 saturated carbocycles. The summed E-state index contributed by atoms with van der Waals surface area (Å²) in [6, 6.07) is 17.0. The molecule has 2 heterocycles. The number of benzene rings is 2. The molecule has 0 atom stereocenters. The molecule has 0 saturated heterocycles. The second-order valence-electron chi connectivity index (χ2n) is 5.96. The van der Waals surface area contributed by atoms with Crippen LogP contribution in [-0.4, -0.2) is 21.7 Å². The summed E-state index contributed by atoms with van der Waals surface area (Å²) in [5.74, 6) is 0.682. The molecule has 0 aliphatic carbocycles.